The lowest BCUT2D eigenvalue weighted by molar-refractivity contribution is 0.416. The van der Waals surface area contributed by atoms with Crippen molar-refractivity contribution in [1.82, 2.24) is 0 Å². The zero-order chi connectivity index (χ0) is 14.8. The molecule has 2 aromatic rings. The number of benzene rings is 2. The van der Waals surface area contributed by atoms with E-state index in [1.165, 1.54) is 25.3 Å². The van der Waals surface area contributed by atoms with Gasteiger partial charge in [-0.3, -0.25) is 4.72 Å². The Morgan fingerprint density at radius 2 is 1.75 bits per heavy atom. The number of nitrogens with one attached hydrogen (secondary N) is 1. The van der Waals surface area contributed by atoms with Crippen molar-refractivity contribution in [2.45, 2.75) is 11.8 Å². The fraction of sp³-hybridized carbons (Fsp3) is 0.143. The Hall–Kier alpha value is -2.21. The van der Waals surface area contributed by atoms with Crippen LogP contribution in [0.4, 0.5) is 11.4 Å². The average Bonchev–Trinajstić information content (AvgIpc) is 2.41. The number of nitrogen functional groups attached to an aromatic ring is 1. The van der Waals surface area contributed by atoms with Crippen LogP contribution in [0.5, 0.6) is 5.75 Å². The van der Waals surface area contributed by atoms with Gasteiger partial charge in [-0.15, -0.1) is 0 Å². The summed E-state index contributed by atoms with van der Waals surface area (Å²) in [4.78, 5) is 0.0939. The number of ether oxygens (including phenoxy) is 1. The molecule has 20 heavy (non-hydrogen) atoms. The molecule has 106 valence electrons. The molecule has 0 aliphatic heterocycles. The molecule has 5 nitrogen and oxygen atoms in total. The lowest BCUT2D eigenvalue weighted by Crippen LogP contribution is -2.13. The van der Waals surface area contributed by atoms with Crippen LogP contribution in [-0.4, -0.2) is 15.5 Å². The third-order valence-electron chi connectivity index (χ3n) is 2.82. The number of rotatable bonds is 4. The fourth-order valence-corrected chi connectivity index (χ4v) is 2.81. The first-order chi connectivity index (χ1) is 9.42. The second-order valence-corrected chi connectivity index (χ2v) is 6.06. The topological polar surface area (TPSA) is 81.4 Å². The molecule has 0 saturated heterocycles. The van der Waals surface area contributed by atoms with Gasteiger partial charge in [-0.1, -0.05) is 17.7 Å². The molecule has 0 atom stereocenters. The number of methoxy groups -OCH3 is 1. The second kappa shape index (κ2) is 5.42. The first-order valence-corrected chi connectivity index (χ1v) is 7.44. The molecule has 0 unspecified atom stereocenters. The van der Waals surface area contributed by atoms with E-state index in [1.807, 2.05) is 19.1 Å². The monoisotopic (exact) mass is 292 g/mol. The highest BCUT2D eigenvalue weighted by Crippen LogP contribution is 2.25. The first kappa shape index (κ1) is 14.2. The molecule has 0 radical (unpaired) electrons. The minimum atomic E-state index is -3.66. The quantitative estimate of drug-likeness (QED) is 0.848. The van der Waals surface area contributed by atoms with Gasteiger partial charge in [0, 0.05) is 5.69 Å². The zero-order valence-corrected chi connectivity index (χ0v) is 12.1. The summed E-state index contributed by atoms with van der Waals surface area (Å²) in [6, 6.07) is 11.4. The van der Waals surface area contributed by atoms with Crippen LogP contribution < -0.4 is 15.2 Å². The van der Waals surface area contributed by atoms with Crippen molar-refractivity contribution in [2.24, 2.45) is 0 Å². The number of hydrogen-bond acceptors (Lipinski definition) is 4. The van der Waals surface area contributed by atoms with Gasteiger partial charge in [-0.25, -0.2) is 8.42 Å². The number of aryl methyl sites for hydroxylation is 1. The van der Waals surface area contributed by atoms with Crippen LogP contribution >= 0.6 is 0 Å². The molecular formula is C14H16N2O3S. The van der Waals surface area contributed by atoms with E-state index < -0.39 is 10.0 Å². The zero-order valence-electron chi connectivity index (χ0n) is 11.3. The van der Waals surface area contributed by atoms with Crippen molar-refractivity contribution in [3.8, 4) is 5.75 Å². The Labute approximate surface area is 118 Å². The molecular weight excluding hydrogens is 276 g/mol. The van der Waals surface area contributed by atoms with Crippen molar-refractivity contribution in [3.63, 3.8) is 0 Å². The van der Waals surface area contributed by atoms with Crippen molar-refractivity contribution >= 4 is 21.4 Å². The molecule has 6 heteroatoms. The summed E-state index contributed by atoms with van der Waals surface area (Å²) in [5.41, 5.74) is 7.56. The normalized spacial score (nSPS) is 11.1. The van der Waals surface area contributed by atoms with Gasteiger partial charge in [0.1, 0.15) is 5.75 Å². The maximum absolute atomic E-state index is 12.2. The molecule has 0 aromatic heterocycles. The Morgan fingerprint density at radius 3 is 2.30 bits per heavy atom. The van der Waals surface area contributed by atoms with Crippen LogP contribution in [-0.2, 0) is 10.0 Å². The average molecular weight is 292 g/mol. The van der Waals surface area contributed by atoms with Crippen LogP contribution in [0.15, 0.2) is 47.4 Å². The Kier molecular flexibility index (Phi) is 3.85. The van der Waals surface area contributed by atoms with Crippen LogP contribution in [0.3, 0.4) is 0 Å². The van der Waals surface area contributed by atoms with Crippen molar-refractivity contribution in [3.05, 3.63) is 48.0 Å². The van der Waals surface area contributed by atoms with Gasteiger partial charge in [0.15, 0.2) is 0 Å². The van der Waals surface area contributed by atoms with Gasteiger partial charge in [0.05, 0.1) is 17.7 Å². The Morgan fingerprint density at radius 1 is 1.10 bits per heavy atom. The number of anilines is 2. The van der Waals surface area contributed by atoms with E-state index in [0.29, 0.717) is 11.4 Å². The highest BCUT2D eigenvalue weighted by molar-refractivity contribution is 7.92. The van der Waals surface area contributed by atoms with Crippen molar-refractivity contribution in [1.29, 1.82) is 0 Å². The first-order valence-electron chi connectivity index (χ1n) is 5.95. The van der Waals surface area contributed by atoms with Gasteiger partial charge < -0.3 is 10.5 Å². The molecule has 0 heterocycles. The third-order valence-corrected chi connectivity index (χ3v) is 4.19. The van der Waals surface area contributed by atoms with Gasteiger partial charge in [0.2, 0.25) is 0 Å². The molecule has 0 bridgehead atoms. The fourth-order valence-electron chi connectivity index (χ4n) is 1.72. The largest absolute Gasteiger partial charge is 0.495 e. The van der Waals surface area contributed by atoms with E-state index in [2.05, 4.69) is 4.72 Å². The maximum Gasteiger partial charge on any atom is 0.261 e. The number of nitrogens with two attached hydrogens (primary N) is 1. The smallest absolute Gasteiger partial charge is 0.261 e. The summed E-state index contributed by atoms with van der Waals surface area (Å²) >= 11 is 0. The minimum Gasteiger partial charge on any atom is -0.495 e. The lowest BCUT2D eigenvalue weighted by atomic mass is 10.2. The molecule has 0 saturated carbocycles. The van der Waals surface area contributed by atoms with Crippen LogP contribution in [0, 0.1) is 6.92 Å². The van der Waals surface area contributed by atoms with E-state index in [4.69, 9.17) is 10.5 Å². The SMILES string of the molecule is COc1ccc(S(=O)(=O)Nc2ccc(C)cc2)cc1N. The Balaban J connectivity index is 2.30. The van der Waals surface area contributed by atoms with Crippen LogP contribution in [0.25, 0.3) is 0 Å². The Bertz CT molecular complexity index is 710. The number of hydrogen-bond donors (Lipinski definition) is 2. The molecule has 0 fully saturated rings. The molecule has 0 amide bonds. The summed E-state index contributed by atoms with van der Waals surface area (Å²) in [6.07, 6.45) is 0. The van der Waals surface area contributed by atoms with E-state index in [9.17, 15) is 8.42 Å². The summed E-state index contributed by atoms with van der Waals surface area (Å²) < 4.78 is 32.0. The van der Waals surface area contributed by atoms with Gasteiger partial charge in [-0.05, 0) is 37.3 Å². The van der Waals surface area contributed by atoms with Crippen LogP contribution in [0.2, 0.25) is 0 Å². The van der Waals surface area contributed by atoms with E-state index in [1.54, 1.807) is 12.1 Å². The molecule has 3 N–H and O–H groups in total. The highest BCUT2D eigenvalue weighted by Gasteiger charge is 2.15. The molecule has 2 aromatic carbocycles. The predicted molar refractivity (Wildman–Crippen MR) is 79.4 cm³/mol. The van der Waals surface area contributed by atoms with Gasteiger partial charge >= 0.3 is 0 Å². The van der Waals surface area contributed by atoms with E-state index >= 15 is 0 Å². The summed E-state index contributed by atoms with van der Waals surface area (Å²) in [7, 11) is -2.18. The molecule has 0 aliphatic rings. The predicted octanol–water partition coefficient (Wildman–Crippen LogP) is 2.39. The highest BCUT2D eigenvalue weighted by atomic mass is 32.2. The lowest BCUT2D eigenvalue weighted by Gasteiger charge is -2.10. The summed E-state index contributed by atoms with van der Waals surface area (Å²) in [5.74, 6) is 0.444. The summed E-state index contributed by atoms with van der Waals surface area (Å²) in [6.45, 7) is 1.93. The standard InChI is InChI=1S/C14H16N2O3S/c1-10-3-5-11(6-4-10)16-20(17,18)12-7-8-14(19-2)13(15)9-12/h3-9,16H,15H2,1-2H3. The van der Waals surface area contributed by atoms with E-state index in [-0.39, 0.29) is 10.6 Å². The van der Waals surface area contributed by atoms with Crippen molar-refractivity contribution in [2.75, 3.05) is 17.6 Å². The molecule has 0 spiro atoms. The number of sulfonamides is 1. The molecule has 0 aliphatic carbocycles. The van der Waals surface area contributed by atoms with Crippen LogP contribution in [0.1, 0.15) is 5.56 Å². The third kappa shape index (κ3) is 3.03. The summed E-state index contributed by atoms with van der Waals surface area (Å²) in [5, 5.41) is 0. The van der Waals surface area contributed by atoms with Crippen molar-refractivity contribution < 1.29 is 13.2 Å². The van der Waals surface area contributed by atoms with Gasteiger partial charge in [-0.2, -0.15) is 0 Å². The molecule has 2 rings (SSSR count). The minimum absolute atomic E-state index is 0.0939. The second-order valence-electron chi connectivity index (χ2n) is 4.38. The van der Waals surface area contributed by atoms with Gasteiger partial charge in [0.25, 0.3) is 10.0 Å². The maximum atomic E-state index is 12.2. The van der Waals surface area contributed by atoms with E-state index in [0.717, 1.165) is 5.56 Å².